The highest BCUT2D eigenvalue weighted by atomic mass is 32.1. The predicted octanol–water partition coefficient (Wildman–Crippen LogP) is 6.30. The lowest BCUT2D eigenvalue weighted by Crippen LogP contribution is -2.46. The Hall–Kier alpha value is -4.17. The molecule has 0 unspecified atom stereocenters. The average Bonchev–Trinajstić information content (AvgIpc) is 3.42. The SMILES string of the molecule is CCOc1sc(-c2ccnc(Nc3cccc(OCCCN4CCN(CC)CC4)c3)n2)c(-c2cccc(OC)c2)c1C#N. The molecule has 0 radical (unpaired) electrons. The second-order valence-electron chi connectivity index (χ2n) is 10.1. The molecular formula is C33H38N6O3S. The van der Waals surface area contributed by atoms with Gasteiger partial charge < -0.3 is 29.3 Å². The lowest BCUT2D eigenvalue weighted by Gasteiger charge is -2.33. The van der Waals surface area contributed by atoms with Crippen molar-refractivity contribution < 1.29 is 14.2 Å². The Morgan fingerprint density at radius 2 is 1.77 bits per heavy atom. The fourth-order valence-corrected chi connectivity index (χ4v) is 6.28. The molecule has 5 rings (SSSR count). The third kappa shape index (κ3) is 7.62. The maximum absolute atomic E-state index is 10.1. The molecular weight excluding hydrogens is 560 g/mol. The van der Waals surface area contributed by atoms with Crippen molar-refractivity contribution in [3.8, 4) is 44.3 Å². The molecule has 4 aromatic rings. The van der Waals surface area contributed by atoms with Crippen LogP contribution in [0.25, 0.3) is 21.7 Å². The van der Waals surface area contributed by atoms with Crippen molar-refractivity contribution in [3.05, 3.63) is 66.4 Å². The van der Waals surface area contributed by atoms with Gasteiger partial charge in [0.2, 0.25) is 5.95 Å². The second-order valence-corrected chi connectivity index (χ2v) is 11.1. The van der Waals surface area contributed by atoms with Gasteiger partial charge in [-0.3, -0.25) is 0 Å². The number of hydrogen-bond donors (Lipinski definition) is 1. The topological polar surface area (TPSA) is 95.8 Å². The number of piperazine rings is 1. The number of nitriles is 1. The molecule has 0 atom stereocenters. The van der Waals surface area contributed by atoms with E-state index >= 15 is 0 Å². The number of nitrogens with zero attached hydrogens (tertiary/aromatic N) is 5. The van der Waals surface area contributed by atoms with Gasteiger partial charge in [-0.25, -0.2) is 9.97 Å². The minimum Gasteiger partial charge on any atom is -0.497 e. The molecule has 0 spiro atoms. The molecule has 10 heteroatoms. The first kappa shape index (κ1) is 30.3. The van der Waals surface area contributed by atoms with Crippen molar-refractivity contribution in [3.63, 3.8) is 0 Å². The highest BCUT2D eigenvalue weighted by Crippen LogP contribution is 2.47. The van der Waals surface area contributed by atoms with E-state index in [2.05, 4.69) is 33.1 Å². The Kier molecular flexibility index (Phi) is 10.4. The van der Waals surface area contributed by atoms with Gasteiger partial charge in [0, 0.05) is 56.2 Å². The Morgan fingerprint density at radius 3 is 2.53 bits per heavy atom. The van der Waals surface area contributed by atoms with Gasteiger partial charge in [-0.05, 0) is 55.8 Å². The van der Waals surface area contributed by atoms with Crippen molar-refractivity contribution >= 4 is 23.0 Å². The molecule has 1 aliphatic rings. The van der Waals surface area contributed by atoms with Crippen molar-refractivity contribution in [2.24, 2.45) is 0 Å². The summed E-state index contributed by atoms with van der Waals surface area (Å²) in [6, 6.07) is 19.7. The maximum atomic E-state index is 10.1. The molecule has 0 saturated carbocycles. The summed E-state index contributed by atoms with van der Waals surface area (Å²) in [7, 11) is 1.63. The number of methoxy groups -OCH3 is 1. The van der Waals surface area contributed by atoms with Gasteiger partial charge in [-0.2, -0.15) is 5.26 Å². The van der Waals surface area contributed by atoms with Crippen LogP contribution in [0.4, 0.5) is 11.6 Å². The molecule has 1 fully saturated rings. The smallest absolute Gasteiger partial charge is 0.227 e. The van der Waals surface area contributed by atoms with Crippen molar-refractivity contribution in [1.29, 1.82) is 5.26 Å². The van der Waals surface area contributed by atoms with Gasteiger partial charge in [0.15, 0.2) is 5.06 Å². The number of likely N-dealkylation sites (N-methyl/N-ethyl adjacent to an activating group) is 1. The largest absolute Gasteiger partial charge is 0.497 e. The summed E-state index contributed by atoms with van der Waals surface area (Å²) in [6.45, 7) is 12.0. The van der Waals surface area contributed by atoms with Gasteiger partial charge in [-0.15, -0.1) is 0 Å². The van der Waals surface area contributed by atoms with Gasteiger partial charge in [0.1, 0.15) is 23.1 Å². The molecule has 0 amide bonds. The van der Waals surface area contributed by atoms with Gasteiger partial charge >= 0.3 is 0 Å². The standard InChI is InChI=1S/C33H38N6O3S/c1-4-38-16-18-39(19-17-38)15-8-20-42-27-12-7-10-25(22-27)36-33-35-14-13-29(37-33)31-30(24-9-6-11-26(21-24)40-3)28(23-34)32(43-31)41-5-2/h6-7,9-14,21-22H,4-5,8,15-20H2,1-3H3,(H,35,36,37). The van der Waals surface area contributed by atoms with Crippen LogP contribution in [0.5, 0.6) is 16.6 Å². The van der Waals surface area contributed by atoms with E-state index in [-0.39, 0.29) is 0 Å². The molecule has 43 heavy (non-hydrogen) atoms. The van der Waals surface area contributed by atoms with E-state index in [1.807, 2.05) is 61.5 Å². The van der Waals surface area contributed by atoms with Crippen LogP contribution in [-0.4, -0.2) is 79.4 Å². The molecule has 1 N–H and O–H groups in total. The van der Waals surface area contributed by atoms with E-state index in [1.54, 1.807) is 13.3 Å². The van der Waals surface area contributed by atoms with Gasteiger partial charge in [-0.1, -0.05) is 36.5 Å². The summed E-state index contributed by atoms with van der Waals surface area (Å²) in [5.41, 5.74) is 3.62. The highest BCUT2D eigenvalue weighted by molar-refractivity contribution is 7.18. The molecule has 0 bridgehead atoms. The van der Waals surface area contributed by atoms with E-state index < -0.39 is 0 Å². The van der Waals surface area contributed by atoms with Crippen molar-refractivity contribution in [2.75, 3.05) is 64.9 Å². The zero-order valence-corrected chi connectivity index (χ0v) is 25.8. The third-order valence-corrected chi connectivity index (χ3v) is 8.52. The molecule has 1 saturated heterocycles. The number of anilines is 2. The van der Waals surface area contributed by atoms with Crippen LogP contribution in [-0.2, 0) is 0 Å². The van der Waals surface area contributed by atoms with Crippen LogP contribution in [0.3, 0.4) is 0 Å². The Balaban J connectivity index is 1.30. The number of nitrogens with one attached hydrogen (secondary N) is 1. The quantitative estimate of drug-likeness (QED) is 0.178. The van der Waals surface area contributed by atoms with Crippen LogP contribution >= 0.6 is 11.3 Å². The lowest BCUT2D eigenvalue weighted by atomic mass is 10.0. The number of ether oxygens (including phenoxy) is 3. The second kappa shape index (κ2) is 14.8. The van der Waals surface area contributed by atoms with Crippen molar-refractivity contribution in [2.45, 2.75) is 20.3 Å². The summed E-state index contributed by atoms with van der Waals surface area (Å²) < 4.78 is 17.4. The van der Waals surface area contributed by atoms with E-state index in [4.69, 9.17) is 19.2 Å². The first-order chi connectivity index (χ1) is 21.1. The van der Waals surface area contributed by atoms with Crippen LogP contribution in [0.15, 0.2) is 60.8 Å². The van der Waals surface area contributed by atoms with Crippen LogP contribution in [0.2, 0.25) is 0 Å². The Labute approximate surface area is 257 Å². The highest BCUT2D eigenvalue weighted by Gasteiger charge is 2.23. The lowest BCUT2D eigenvalue weighted by molar-refractivity contribution is 0.130. The summed E-state index contributed by atoms with van der Waals surface area (Å²) in [6.07, 6.45) is 2.70. The van der Waals surface area contributed by atoms with E-state index in [9.17, 15) is 5.26 Å². The number of hydrogen-bond acceptors (Lipinski definition) is 10. The monoisotopic (exact) mass is 598 g/mol. The average molecular weight is 599 g/mol. The Morgan fingerprint density at radius 1 is 0.977 bits per heavy atom. The molecule has 9 nitrogen and oxygen atoms in total. The summed E-state index contributed by atoms with van der Waals surface area (Å²) in [5, 5.41) is 14.0. The summed E-state index contributed by atoms with van der Waals surface area (Å²) in [5.74, 6) is 1.95. The first-order valence-corrected chi connectivity index (χ1v) is 15.6. The number of aromatic nitrogens is 2. The molecule has 1 aliphatic heterocycles. The number of benzene rings is 2. The minimum absolute atomic E-state index is 0.447. The van der Waals surface area contributed by atoms with E-state index in [0.29, 0.717) is 41.2 Å². The zero-order chi connectivity index (χ0) is 30.0. The molecule has 3 heterocycles. The molecule has 2 aromatic heterocycles. The fraction of sp³-hybridized carbons (Fsp3) is 0.364. The summed E-state index contributed by atoms with van der Waals surface area (Å²) >= 11 is 1.41. The zero-order valence-electron chi connectivity index (χ0n) is 25.0. The Bertz CT molecular complexity index is 1540. The molecule has 224 valence electrons. The normalized spacial score (nSPS) is 13.8. The van der Waals surface area contributed by atoms with Crippen molar-refractivity contribution in [1.82, 2.24) is 19.8 Å². The molecule has 2 aromatic carbocycles. The third-order valence-electron chi connectivity index (χ3n) is 7.40. The summed E-state index contributed by atoms with van der Waals surface area (Å²) in [4.78, 5) is 15.1. The van der Waals surface area contributed by atoms with Crippen LogP contribution in [0, 0.1) is 11.3 Å². The predicted molar refractivity (Wildman–Crippen MR) is 172 cm³/mol. The van der Waals surface area contributed by atoms with Crippen LogP contribution < -0.4 is 19.5 Å². The van der Waals surface area contributed by atoms with E-state index in [0.717, 1.165) is 73.1 Å². The van der Waals surface area contributed by atoms with Gasteiger partial charge in [0.05, 0.1) is 30.9 Å². The maximum Gasteiger partial charge on any atom is 0.227 e. The van der Waals surface area contributed by atoms with Gasteiger partial charge in [0.25, 0.3) is 0 Å². The fourth-order valence-electron chi connectivity index (χ4n) is 5.12. The first-order valence-electron chi connectivity index (χ1n) is 14.7. The molecule has 0 aliphatic carbocycles. The number of rotatable bonds is 13. The number of thiophene rings is 1. The minimum atomic E-state index is 0.447. The van der Waals surface area contributed by atoms with E-state index in [1.165, 1.54) is 11.3 Å². The van der Waals surface area contributed by atoms with Crippen LogP contribution in [0.1, 0.15) is 25.8 Å².